The number of anilines is 1. The van der Waals surface area contributed by atoms with Gasteiger partial charge in [0.25, 0.3) is 0 Å². The molecule has 2 aromatic rings. The number of ketones is 1. The first-order valence-corrected chi connectivity index (χ1v) is 7.81. The van der Waals surface area contributed by atoms with Crippen molar-refractivity contribution < 1.29 is 18.7 Å². The van der Waals surface area contributed by atoms with Crippen molar-refractivity contribution in [3.63, 3.8) is 0 Å². The van der Waals surface area contributed by atoms with Crippen LogP contribution in [0.3, 0.4) is 0 Å². The van der Waals surface area contributed by atoms with E-state index in [9.17, 15) is 14.0 Å². The Kier molecular flexibility index (Phi) is 4.60. The van der Waals surface area contributed by atoms with Crippen molar-refractivity contribution in [3.05, 3.63) is 59.9 Å². The fourth-order valence-electron chi connectivity index (χ4n) is 2.75. The summed E-state index contributed by atoms with van der Waals surface area (Å²) >= 11 is 0. The van der Waals surface area contributed by atoms with Gasteiger partial charge in [-0.1, -0.05) is 12.1 Å². The van der Waals surface area contributed by atoms with Crippen molar-refractivity contribution in [2.45, 2.75) is 20.0 Å². The number of hydrogen-bond acceptors (Lipinski definition) is 3. The second-order valence-electron chi connectivity index (χ2n) is 5.93. The lowest BCUT2D eigenvalue weighted by Crippen LogP contribution is -2.25. The average molecular weight is 327 g/mol. The molecule has 0 bridgehead atoms. The number of Topliss-reactive ketones (excluding diaryl/α,β-unsaturated/α-hetero) is 1. The molecule has 0 aromatic heterocycles. The van der Waals surface area contributed by atoms with Crippen LogP contribution in [0.1, 0.15) is 18.9 Å². The Hall–Kier alpha value is -2.69. The van der Waals surface area contributed by atoms with E-state index >= 15 is 0 Å². The maximum Gasteiger partial charge on any atom is 0.227 e. The van der Waals surface area contributed by atoms with E-state index in [1.165, 1.54) is 19.1 Å². The summed E-state index contributed by atoms with van der Waals surface area (Å²) in [6.07, 6.45) is 0.271. The number of halogens is 1. The topological polar surface area (TPSA) is 46.6 Å². The quantitative estimate of drug-likeness (QED) is 0.846. The Labute approximate surface area is 139 Å². The molecular weight excluding hydrogens is 309 g/mol. The minimum atomic E-state index is -0.293. The zero-order valence-corrected chi connectivity index (χ0v) is 13.4. The summed E-state index contributed by atoms with van der Waals surface area (Å²) < 4.78 is 18.8. The van der Waals surface area contributed by atoms with E-state index in [-0.39, 0.29) is 36.5 Å². The van der Waals surface area contributed by atoms with E-state index in [2.05, 4.69) is 0 Å². The van der Waals surface area contributed by atoms with Crippen LogP contribution in [-0.4, -0.2) is 18.2 Å². The third kappa shape index (κ3) is 3.62. The summed E-state index contributed by atoms with van der Waals surface area (Å²) in [5.41, 5.74) is 1.50. The van der Waals surface area contributed by atoms with Crippen molar-refractivity contribution in [1.29, 1.82) is 0 Å². The van der Waals surface area contributed by atoms with Crippen molar-refractivity contribution >= 4 is 17.4 Å². The first-order chi connectivity index (χ1) is 11.5. The highest BCUT2D eigenvalue weighted by molar-refractivity contribution is 6.00. The number of amides is 1. The van der Waals surface area contributed by atoms with Crippen molar-refractivity contribution in [2.24, 2.45) is 5.92 Å². The van der Waals surface area contributed by atoms with Gasteiger partial charge in [-0.05, 0) is 48.9 Å². The highest BCUT2D eigenvalue weighted by Gasteiger charge is 2.33. The van der Waals surface area contributed by atoms with Crippen LogP contribution in [0, 0.1) is 11.7 Å². The van der Waals surface area contributed by atoms with Crippen LogP contribution in [0.2, 0.25) is 0 Å². The molecule has 1 fully saturated rings. The normalized spacial score (nSPS) is 17.2. The van der Waals surface area contributed by atoms with E-state index < -0.39 is 0 Å². The number of nitrogens with zero attached hydrogens (tertiary/aromatic N) is 1. The molecule has 3 rings (SSSR count). The molecule has 2 aromatic carbocycles. The summed E-state index contributed by atoms with van der Waals surface area (Å²) in [6, 6.07) is 13.4. The Morgan fingerprint density at radius 1 is 1.25 bits per heavy atom. The first-order valence-electron chi connectivity index (χ1n) is 7.81. The molecule has 0 aliphatic carbocycles. The first kappa shape index (κ1) is 16.2. The van der Waals surface area contributed by atoms with E-state index in [0.717, 1.165) is 11.3 Å². The SMILES string of the molecule is CC(=O)C1CC(=O)N(c2ccc(OCc3cccc(F)c3)cc2)C1. The maximum atomic E-state index is 13.1. The molecular formula is C19H18FNO3. The molecule has 0 radical (unpaired) electrons. The molecule has 1 aliphatic rings. The lowest BCUT2D eigenvalue weighted by Gasteiger charge is -2.17. The monoisotopic (exact) mass is 327 g/mol. The fraction of sp³-hybridized carbons (Fsp3) is 0.263. The van der Waals surface area contributed by atoms with Crippen molar-refractivity contribution in [1.82, 2.24) is 0 Å². The number of rotatable bonds is 5. The minimum absolute atomic E-state index is 0.0383. The standard InChI is InChI=1S/C19H18FNO3/c1-13(22)15-10-19(23)21(11-15)17-5-7-18(8-6-17)24-12-14-3-2-4-16(20)9-14/h2-9,15H,10-12H2,1H3. The number of hydrogen-bond donors (Lipinski definition) is 0. The molecule has 1 unspecified atom stereocenters. The summed E-state index contributed by atoms with van der Waals surface area (Å²) in [7, 11) is 0. The summed E-state index contributed by atoms with van der Waals surface area (Å²) in [5, 5.41) is 0. The highest BCUT2D eigenvalue weighted by atomic mass is 19.1. The van der Waals surface area contributed by atoms with Crippen LogP contribution < -0.4 is 9.64 Å². The van der Waals surface area contributed by atoms with Gasteiger partial charge in [-0.15, -0.1) is 0 Å². The molecule has 5 heteroatoms. The van der Waals surface area contributed by atoms with Crippen LogP contribution in [0.5, 0.6) is 5.75 Å². The molecule has 0 spiro atoms. The second kappa shape index (κ2) is 6.83. The highest BCUT2D eigenvalue weighted by Crippen LogP contribution is 2.27. The van der Waals surface area contributed by atoms with Gasteiger partial charge in [0.05, 0.1) is 0 Å². The Morgan fingerprint density at radius 2 is 2.00 bits per heavy atom. The molecule has 1 atom stereocenters. The predicted octanol–water partition coefficient (Wildman–Crippen LogP) is 3.35. The van der Waals surface area contributed by atoms with E-state index in [0.29, 0.717) is 12.3 Å². The largest absolute Gasteiger partial charge is 0.489 e. The summed E-state index contributed by atoms with van der Waals surface area (Å²) in [6.45, 7) is 2.22. The molecule has 0 saturated carbocycles. The van der Waals surface area contributed by atoms with E-state index in [1.54, 1.807) is 41.3 Å². The van der Waals surface area contributed by atoms with Crippen LogP contribution in [0.4, 0.5) is 10.1 Å². The number of carbonyl (C=O) groups is 2. The van der Waals surface area contributed by atoms with Gasteiger partial charge in [0, 0.05) is 24.6 Å². The zero-order valence-electron chi connectivity index (χ0n) is 13.4. The summed E-state index contributed by atoms with van der Waals surface area (Å²) in [5.74, 6) is 0.128. The van der Waals surface area contributed by atoms with Gasteiger partial charge < -0.3 is 9.64 Å². The Bertz CT molecular complexity index is 757. The fourth-order valence-corrected chi connectivity index (χ4v) is 2.75. The molecule has 4 nitrogen and oxygen atoms in total. The molecule has 1 amide bonds. The average Bonchev–Trinajstić information content (AvgIpc) is 2.96. The Morgan fingerprint density at radius 3 is 2.62 bits per heavy atom. The zero-order chi connectivity index (χ0) is 17.1. The third-order valence-corrected chi connectivity index (χ3v) is 4.14. The van der Waals surface area contributed by atoms with E-state index in [1.807, 2.05) is 0 Å². The van der Waals surface area contributed by atoms with Gasteiger partial charge in [0.1, 0.15) is 24.0 Å². The lowest BCUT2D eigenvalue weighted by atomic mass is 10.1. The number of ether oxygens (including phenoxy) is 1. The van der Waals surface area contributed by atoms with Crippen molar-refractivity contribution in [2.75, 3.05) is 11.4 Å². The van der Waals surface area contributed by atoms with Gasteiger partial charge in [0.2, 0.25) is 5.91 Å². The van der Waals surface area contributed by atoms with Gasteiger partial charge in [-0.3, -0.25) is 9.59 Å². The van der Waals surface area contributed by atoms with Gasteiger partial charge >= 0.3 is 0 Å². The molecule has 1 heterocycles. The molecule has 1 aliphatic heterocycles. The van der Waals surface area contributed by atoms with Crippen LogP contribution in [0.25, 0.3) is 0 Å². The molecule has 1 saturated heterocycles. The third-order valence-electron chi connectivity index (χ3n) is 4.14. The second-order valence-corrected chi connectivity index (χ2v) is 5.93. The molecule has 24 heavy (non-hydrogen) atoms. The van der Waals surface area contributed by atoms with Gasteiger partial charge in [0.15, 0.2) is 0 Å². The maximum absolute atomic E-state index is 13.1. The van der Waals surface area contributed by atoms with Gasteiger partial charge in [-0.2, -0.15) is 0 Å². The molecule has 0 N–H and O–H groups in total. The van der Waals surface area contributed by atoms with Crippen LogP contribution in [0.15, 0.2) is 48.5 Å². The van der Waals surface area contributed by atoms with Crippen LogP contribution in [-0.2, 0) is 16.2 Å². The number of carbonyl (C=O) groups excluding carboxylic acids is 2. The lowest BCUT2D eigenvalue weighted by molar-refractivity contribution is -0.123. The van der Waals surface area contributed by atoms with Crippen molar-refractivity contribution in [3.8, 4) is 5.75 Å². The molecule has 124 valence electrons. The van der Waals surface area contributed by atoms with E-state index in [4.69, 9.17) is 4.74 Å². The van der Waals surface area contributed by atoms with Crippen LogP contribution >= 0.6 is 0 Å². The number of benzene rings is 2. The summed E-state index contributed by atoms with van der Waals surface area (Å²) in [4.78, 5) is 25.1. The smallest absolute Gasteiger partial charge is 0.227 e. The minimum Gasteiger partial charge on any atom is -0.489 e. The predicted molar refractivity (Wildman–Crippen MR) is 88.3 cm³/mol. The Balaban J connectivity index is 1.63. The van der Waals surface area contributed by atoms with Gasteiger partial charge in [-0.25, -0.2) is 4.39 Å².